The van der Waals surface area contributed by atoms with E-state index in [0.717, 1.165) is 57.5 Å². The highest BCUT2D eigenvalue weighted by atomic mass is 127. The van der Waals surface area contributed by atoms with Gasteiger partial charge < -0.3 is 24.8 Å². The summed E-state index contributed by atoms with van der Waals surface area (Å²) in [5.41, 5.74) is -0.482. The van der Waals surface area contributed by atoms with Crippen molar-refractivity contribution in [1.29, 1.82) is 0 Å². The minimum absolute atomic E-state index is 0. The Hall–Kier alpha value is -1.85. The van der Waals surface area contributed by atoms with Crippen LogP contribution in [-0.4, -0.2) is 89.3 Å². The molecule has 1 saturated heterocycles. The number of guanidine groups is 1. The van der Waals surface area contributed by atoms with Crippen LogP contribution in [0.2, 0.25) is 0 Å². The number of carbonyl (C=O) groups is 1. The van der Waals surface area contributed by atoms with Crippen LogP contribution < -0.4 is 10.2 Å². The molecule has 1 saturated carbocycles. The van der Waals surface area contributed by atoms with Crippen molar-refractivity contribution < 1.29 is 9.53 Å². The average Bonchev–Trinajstić information content (AvgIpc) is 3.55. The number of aromatic nitrogens is 2. The maximum Gasteiger partial charge on any atom is 0.410 e. The molecule has 1 aliphatic carbocycles. The molecule has 0 aromatic carbocycles. The van der Waals surface area contributed by atoms with Gasteiger partial charge in [0.15, 0.2) is 5.96 Å². The Kier molecular flexibility index (Phi) is 9.57. The van der Waals surface area contributed by atoms with Crippen LogP contribution in [-0.2, 0) is 4.74 Å². The number of piperazine rings is 1. The summed E-state index contributed by atoms with van der Waals surface area (Å²) in [6.45, 7) is 13.1. The van der Waals surface area contributed by atoms with Crippen molar-refractivity contribution >= 4 is 42.0 Å². The first kappa shape index (κ1) is 25.4. The predicted octanol–water partition coefficient (Wildman–Crippen LogP) is 2.58. The molecule has 2 fully saturated rings. The monoisotopic (exact) mass is 545 g/mol. The molecule has 1 N–H and O–H groups in total. The quantitative estimate of drug-likeness (QED) is 0.334. The Bertz CT molecular complexity index is 714. The summed E-state index contributed by atoms with van der Waals surface area (Å²) in [5, 5.41) is 3.38. The molecule has 0 bridgehead atoms. The topological polar surface area (TPSA) is 86.2 Å². The Morgan fingerprint density at radius 3 is 2.42 bits per heavy atom. The lowest BCUT2D eigenvalue weighted by Gasteiger charge is -2.36. The minimum atomic E-state index is -0.482. The standard InChI is InChI=1S/C21H35N7O2.HI/c1-5-22-18(26-13-15-27(16-14-26)19-23-9-6-10-24-19)25-11-12-28(17-7-8-17)20(29)30-21(2,3)4;/h6,9-10,17H,5,7-8,11-16H2,1-4H3,(H,22,25);1H. The zero-order valence-corrected chi connectivity index (χ0v) is 21.4. The van der Waals surface area contributed by atoms with Gasteiger partial charge in [-0.05, 0) is 46.6 Å². The van der Waals surface area contributed by atoms with E-state index in [9.17, 15) is 4.79 Å². The first-order valence-corrected chi connectivity index (χ1v) is 10.9. The number of ether oxygens (including phenoxy) is 1. The molecule has 0 atom stereocenters. The molecule has 0 radical (unpaired) electrons. The second-order valence-electron chi connectivity index (χ2n) is 8.66. The third kappa shape index (κ3) is 7.97. The Morgan fingerprint density at radius 2 is 1.87 bits per heavy atom. The zero-order chi connectivity index (χ0) is 21.6. The molecule has 1 amide bonds. The molecular weight excluding hydrogens is 509 g/mol. The summed E-state index contributed by atoms with van der Waals surface area (Å²) < 4.78 is 5.57. The summed E-state index contributed by atoms with van der Waals surface area (Å²) in [6, 6.07) is 2.13. The number of halogens is 1. The number of hydrogen-bond donors (Lipinski definition) is 1. The molecule has 1 aromatic rings. The fraction of sp³-hybridized carbons (Fsp3) is 0.714. The third-order valence-corrected chi connectivity index (χ3v) is 4.97. The van der Waals surface area contributed by atoms with Gasteiger partial charge in [0.05, 0.1) is 6.54 Å². The van der Waals surface area contributed by atoms with E-state index in [0.29, 0.717) is 19.1 Å². The molecule has 10 heteroatoms. The lowest BCUT2D eigenvalue weighted by atomic mass is 10.2. The van der Waals surface area contributed by atoms with Crippen molar-refractivity contribution in [2.75, 3.05) is 50.7 Å². The molecular formula is C21H36IN7O2. The molecule has 1 aromatic heterocycles. The van der Waals surface area contributed by atoms with Gasteiger partial charge in [-0.25, -0.2) is 14.8 Å². The van der Waals surface area contributed by atoms with Crippen molar-refractivity contribution in [2.24, 2.45) is 4.99 Å². The van der Waals surface area contributed by atoms with E-state index in [2.05, 4.69) is 32.0 Å². The van der Waals surface area contributed by atoms with Crippen molar-refractivity contribution in [3.05, 3.63) is 18.5 Å². The largest absolute Gasteiger partial charge is 0.444 e. The summed E-state index contributed by atoms with van der Waals surface area (Å²) in [4.78, 5) is 32.3. The van der Waals surface area contributed by atoms with Crippen molar-refractivity contribution in [2.45, 2.75) is 52.2 Å². The number of amides is 1. The summed E-state index contributed by atoms with van der Waals surface area (Å²) in [7, 11) is 0. The number of carbonyl (C=O) groups excluding carboxylic acids is 1. The van der Waals surface area contributed by atoms with E-state index in [-0.39, 0.29) is 30.1 Å². The fourth-order valence-corrected chi connectivity index (χ4v) is 3.39. The summed E-state index contributed by atoms with van der Waals surface area (Å²) in [6.07, 6.45) is 5.41. The van der Waals surface area contributed by atoms with Gasteiger partial charge in [0.1, 0.15) is 5.60 Å². The maximum atomic E-state index is 12.5. The van der Waals surface area contributed by atoms with E-state index in [1.54, 1.807) is 12.4 Å². The van der Waals surface area contributed by atoms with Gasteiger partial charge in [-0.3, -0.25) is 4.99 Å². The summed E-state index contributed by atoms with van der Waals surface area (Å²) >= 11 is 0. The average molecular weight is 545 g/mol. The molecule has 9 nitrogen and oxygen atoms in total. The molecule has 31 heavy (non-hydrogen) atoms. The van der Waals surface area contributed by atoms with E-state index in [1.807, 2.05) is 31.7 Å². The zero-order valence-electron chi connectivity index (χ0n) is 19.1. The van der Waals surface area contributed by atoms with Gasteiger partial charge in [0.25, 0.3) is 0 Å². The summed E-state index contributed by atoms with van der Waals surface area (Å²) in [5.74, 6) is 1.67. The van der Waals surface area contributed by atoms with E-state index >= 15 is 0 Å². The van der Waals surface area contributed by atoms with Crippen molar-refractivity contribution in [1.82, 2.24) is 25.1 Å². The SMILES string of the molecule is CCNC(=NCCN(C(=O)OC(C)(C)C)C1CC1)N1CCN(c2ncccn2)CC1.I. The van der Waals surface area contributed by atoms with Gasteiger partial charge in [0.2, 0.25) is 5.95 Å². The lowest BCUT2D eigenvalue weighted by Crippen LogP contribution is -2.53. The van der Waals surface area contributed by atoms with Crippen LogP contribution in [0.5, 0.6) is 0 Å². The number of hydrogen-bond acceptors (Lipinski definition) is 6. The normalized spacial score (nSPS) is 17.1. The number of nitrogens with zero attached hydrogens (tertiary/aromatic N) is 6. The van der Waals surface area contributed by atoms with Gasteiger partial charge >= 0.3 is 6.09 Å². The van der Waals surface area contributed by atoms with Crippen LogP contribution in [0.15, 0.2) is 23.5 Å². The van der Waals surface area contributed by atoms with Crippen LogP contribution in [0.25, 0.3) is 0 Å². The number of nitrogens with one attached hydrogen (secondary N) is 1. The number of aliphatic imine (C=N–C) groups is 1. The van der Waals surface area contributed by atoms with Crippen LogP contribution in [0, 0.1) is 0 Å². The van der Waals surface area contributed by atoms with Crippen LogP contribution >= 0.6 is 24.0 Å². The van der Waals surface area contributed by atoms with Crippen LogP contribution in [0.1, 0.15) is 40.5 Å². The highest BCUT2D eigenvalue weighted by Crippen LogP contribution is 2.28. The Morgan fingerprint density at radius 1 is 1.23 bits per heavy atom. The van der Waals surface area contributed by atoms with Gasteiger partial charge in [0, 0.05) is 57.7 Å². The van der Waals surface area contributed by atoms with Crippen LogP contribution in [0.4, 0.5) is 10.7 Å². The maximum absolute atomic E-state index is 12.5. The molecule has 0 spiro atoms. The van der Waals surface area contributed by atoms with Gasteiger partial charge in [-0.1, -0.05) is 0 Å². The van der Waals surface area contributed by atoms with Crippen molar-refractivity contribution in [3.8, 4) is 0 Å². The second kappa shape index (κ2) is 11.7. The number of anilines is 1. The highest BCUT2D eigenvalue weighted by molar-refractivity contribution is 14.0. The molecule has 174 valence electrons. The Balaban J connectivity index is 0.00000341. The second-order valence-corrected chi connectivity index (χ2v) is 8.66. The Labute approximate surface area is 202 Å². The van der Waals surface area contributed by atoms with E-state index in [4.69, 9.17) is 9.73 Å². The third-order valence-electron chi connectivity index (χ3n) is 4.97. The molecule has 2 heterocycles. The molecule has 3 rings (SSSR count). The van der Waals surface area contributed by atoms with E-state index in [1.165, 1.54) is 0 Å². The molecule has 1 aliphatic heterocycles. The molecule has 0 unspecified atom stereocenters. The minimum Gasteiger partial charge on any atom is -0.444 e. The van der Waals surface area contributed by atoms with Crippen molar-refractivity contribution in [3.63, 3.8) is 0 Å². The predicted molar refractivity (Wildman–Crippen MR) is 133 cm³/mol. The lowest BCUT2D eigenvalue weighted by molar-refractivity contribution is 0.0240. The van der Waals surface area contributed by atoms with Gasteiger partial charge in [-0.2, -0.15) is 0 Å². The first-order valence-electron chi connectivity index (χ1n) is 10.9. The van der Waals surface area contributed by atoms with Crippen LogP contribution in [0.3, 0.4) is 0 Å². The highest BCUT2D eigenvalue weighted by Gasteiger charge is 2.35. The first-order chi connectivity index (χ1) is 14.4. The van der Waals surface area contributed by atoms with Gasteiger partial charge in [-0.15, -0.1) is 24.0 Å². The number of rotatable bonds is 6. The fourth-order valence-electron chi connectivity index (χ4n) is 3.39. The smallest absolute Gasteiger partial charge is 0.410 e. The molecule has 2 aliphatic rings. The van der Waals surface area contributed by atoms with E-state index < -0.39 is 5.60 Å².